The Morgan fingerprint density at radius 2 is 1.86 bits per heavy atom. The van der Waals surface area contributed by atoms with Crippen LogP contribution in [0.4, 0.5) is 0 Å². The van der Waals surface area contributed by atoms with Crippen LogP contribution in [0.1, 0.15) is 22.5 Å². The molecule has 1 aromatic heterocycles. The van der Waals surface area contributed by atoms with Crippen LogP contribution in [-0.4, -0.2) is 15.4 Å². The van der Waals surface area contributed by atoms with Crippen molar-refractivity contribution >= 4 is 22.6 Å². The van der Waals surface area contributed by atoms with Gasteiger partial charge < -0.3 is 0 Å². The van der Waals surface area contributed by atoms with Crippen LogP contribution < -0.4 is 0 Å². The first kappa shape index (κ1) is 14.2. The smallest absolute Gasteiger partial charge is 0.115 e. The molecule has 0 saturated heterocycles. The quantitative estimate of drug-likeness (QED) is 0.639. The van der Waals surface area contributed by atoms with Crippen molar-refractivity contribution in [3.63, 3.8) is 0 Å². The molecule has 3 heteroatoms. The lowest BCUT2D eigenvalue weighted by Gasteiger charge is -2.12. The fourth-order valence-electron chi connectivity index (χ4n) is 2.86. The molecule has 0 aliphatic rings. The van der Waals surface area contributed by atoms with E-state index in [-0.39, 0.29) is 0 Å². The van der Waals surface area contributed by atoms with Gasteiger partial charge in [0.05, 0.1) is 16.7 Å². The fraction of sp³-hybridized carbons (Fsp3) is 0.278. The first-order valence-electron chi connectivity index (χ1n) is 7.22. The molecule has 0 unspecified atom stereocenters. The van der Waals surface area contributed by atoms with Gasteiger partial charge in [0.2, 0.25) is 0 Å². The highest BCUT2D eigenvalue weighted by molar-refractivity contribution is 6.18. The largest absolute Gasteiger partial charge is 0.296 e. The van der Waals surface area contributed by atoms with Crippen molar-refractivity contribution in [2.75, 3.05) is 5.88 Å². The normalized spacial score (nSPS) is 11.2. The molecule has 0 atom stereocenters. The van der Waals surface area contributed by atoms with Crippen molar-refractivity contribution in [1.82, 2.24) is 9.55 Å². The number of alkyl halides is 1. The molecule has 0 spiro atoms. The van der Waals surface area contributed by atoms with Gasteiger partial charge in [-0.3, -0.25) is 4.57 Å². The van der Waals surface area contributed by atoms with Crippen molar-refractivity contribution in [2.24, 2.45) is 0 Å². The van der Waals surface area contributed by atoms with Gasteiger partial charge in [-0.05, 0) is 44.0 Å². The average molecular weight is 299 g/mol. The monoisotopic (exact) mass is 298 g/mol. The van der Waals surface area contributed by atoms with Gasteiger partial charge in [-0.2, -0.15) is 0 Å². The molecule has 0 amide bonds. The van der Waals surface area contributed by atoms with Crippen molar-refractivity contribution in [3.05, 3.63) is 58.9 Å². The van der Waals surface area contributed by atoms with E-state index < -0.39 is 0 Å². The molecule has 2 aromatic carbocycles. The second kappa shape index (κ2) is 5.53. The molecule has 0 bridgehead atoms. The predicted octanol–water partition coefficient (Wildman–Crippen LogP) is 4.73. The van der Waals surface area contributed by atoms with Crippen molar-refractivity contribution in [3.8, 4) is 5.69 Å². The molecule has 1 heterocycles. The summed E-state index contributed by atoms with van der Waals surface area (Å²) in [5.74, 6) is 1.61. The lowest BCUT2D eigenvalue weighted by molar-refractivity contribution is 0.906. The Labute approximate surface area is 130 Å². The molecule has 0 radical (unpaired) electrons. The van der Waals surface area contributed by atoms with E-state index in [1.807, 2.05) is 0 Å². The highest BCUT2D eigenvalue weighted by atomic mass is 35.5. The Kier molecular flexibility index (Phi) is 3.73. The molecule has 0 aliphatic carbocycles. The zero-order chi connectivity index (χ0) is 15.0. The predicted molar refractivity (Wildman–Crippen MR) is 89.7 cm³/mol. The summed E-state index contributed by atoms with van der Waals surface area (Å²) < 4.78 is 2.25. The molecule has 0 aliphatic heterocycles. The van der Waals surface area contributed by atoms with E-state index in [1.165, 1.54) is 22.4 Å². The van der Waals surface area contributed by atoms with Crippen molar-refractivity contribution in [2.45, 2.75) is 27.2 Å². The summed E-state index contributed by atoms with van der Waals surface area (Å²) in [4.78, 5) is 4.82. The van der Waals surface area contributed by atoms with Crippen LogP contribution in [0.5, 0.6) is 0 Å². The van der Waals surface area contributed by atoms with E-state index in [0.717, 1.165) is 23.3 Å². The summed E-state index contributed by atoms with van der Waals surface area (Å²) >= 11 is 5.97. The summed E-state index contributed by atoms with van der Waals surface area (Å²) in [5.41, 5.74) is 7.14. The number of imidazole rings is 1. The molecule has 3 rings (SSSR count). The van der Waals surface area contributed by atoms with Gasteiger partial charge in [-0.15, -0.1) is 11.6 Å². The minimum atomic E-state index is 0.577. The zero-order valence-electron chi connectivity index (χ0n) is 12.7. The van der Waals surface area contributed by atoms with Crippen LogP contribution in [-0.2, 0) is 6.42 Å². The number of para-hydroxylation sites is 1. The second-order valence-electron chi connectivity index (χ2n) is 5.54. The summed E-state index contributed by atoms with van der Waals surface area (Å²) in [6.45, 7) is 6.37. The third kappa shape index (κ3) is 2.44. The summed E-state index contributed by atoms with van der Waals surface area (Å²) in [6.07, 6.45) is 0.767. The number of aromatic nitrogens is 2. The summed E-state index contributed by atoms with van der Waals surface area (Å²) in [7, 11) is 0. The third-order valence-electron chi connectivity index (χ3n) is 3.87. The lowest BCUT2D eigenvalue weighted by atomic mass is 10.1. The molecular formula is C18H19ClN2. The molecule has 108 valence electrons. The summed E-state index contributed by atoms with van der Waals surface area (Å²) in [5, 5.41) is 0. The van der Waals surface area contributed by atoms with E-state index in [2.05, 4.69) is 61.7 Å². The maximum Gasteiger partial charge on any atom is 0.115 e. The van der Waals surface area contributed by atoms with E-state index in [1.54, 1.807) is 0 Å². The number of nitrogens with zero attached hydrogens (tertiary/aromatic N) is 2. The fourth-order valence-corrected chi connectivity index (χ4v) is 3.03. The van der Waals surface area contributed by atoms with Gasteiger partial charge >= 0.3 is 0 Å². The number of rotatable bonds is 3. The maximum absolute atomic E-state index is 5.97. The molecule has 3 aromatic rings. The van der Waals surface area contributed by atoms with Gasteiger partial charge in [-0.25, -0.2) is 4.98 Å². The van der Waals surface area contributed by atoms with Gasteiger partial charge in [-0.1, -0.05) is 29.8 Å². The number of hydrogen-bond donors (Lipinski definition) is 0. The van der Waals surface area contributed by atoms with Crippen molar-refractivity contribution in [1.29, 1.82) is 0 Å². The van der Waals surface area contributed by atoms with Crippen LogP contribution in [0.2, 0.25) is 0 Å². The van der Waals surface area contributed by atoms with Crippen LogP contribution in [0, 0.1) is 20.8 Å². The van der Waals surface area contributed by atoms with Gasteiger partial charge in [0.25, 0.3) is 0 Å². The first-order valence-corrected chi connectivity index (χ1v) is 7.76. The minimum absolute atomic E-state index is 0.577. The molecule has 21 heavy (non-hydrogen) atoms. The average Bonchev–Trinajstić information content (AvgIpc) is 2.79. The van der Waals surface area contributed by atoms with Crippen LogP contribution in [0.15, 0.2) is 36.4 Å². The Morgan fingerprint density at radius 1 is 1.05 bits per heavy atom. The van der Waals surface area contributed by atoms with Crippen LogP contribution >= 0.6 is 11.6 Å². The Hall–Kier alpha value is -1.80. The number of halogens is 1. The minimum Gasteiger partial charge on any atom is -0.296 e. The van der Waals surface area contributed by atoms with Gasteiger partial charge in [0, 0.05) is 12.3 Å². The number of aryl methyl sites for hydroxylation is 4. The molecule has 0 saturated carbocycles. The number of hydrogen-bond acceptors (Lipinski definition) is 1. The molecule has 2 nitrogen and oxygen atoms in total. The van der Waals surface area contributed by atoms with E-state index in [0.29, 0.717) is 5.88 Å². The van der Waals surface area contributed by atoms with Crippen LogP contribution in [0.25, 0.3) is 16.7 Å². The van der Waals surface area contributed by atoms with Gasteiger partial charge in [0.15, 0.2) is 0 Å². The van der Waals surface area contributed by atoms with Gasteiger partial charge in [0.1, 0.15) is 5.82 Å². The maximum atomic E-state index is 5.97. The Morgan fingerprint density at radius 3 is 2.57 bits per heavy atom. The summed E-state index contributed by atoms with van der Waals surface area (Å²) in [6, 6.07) is 12.9. The van der Waals surface area contributed by atoms with Crippen LogP contribution in [0.3, 0.4) is 0 Å². The standard InChI is InChI=1S/C18H19ClN2/c1-12-7-8-15(14(3)11-12)21-16-6-4-5-13(2)18(16)20-17(21)9-10-19/h4-8,11H,9-10H2,1-3H3. The second-order valence-corrected chi connectivity index (χ2v) is 5.91. The number of fused-ring (bicyclic) bond motifs is 1. The Balaban J connectivity index is 2.33. The molecule has 0 fully saturated rings. The SMILES string of the molecule is Cc1ccc(-n2c(CCCl)nc3c(C)cccc32)c(C)c1. The third-order valence-corrected chi connectivity index (χ3v) is 4.06. The van der Waals surface area contributed by atoms with E-state index >= 15 is 0 Å². The Bertz CT molecular complexity index is 802. The van der Waals surface area contributed by atoms with E-state index in [9.17, 15) is 0 Å². The zero-order valence-corrected chi connectivity index (χ0v) is 13.4. The van der Waals surface area contributed by atoms with Crippen molar-refractivity contribution < 1.29 is 0 Å². The number of benzene rings is 2. The highest BCUT2D eigenvalue weighted by Crippen LogP contribution is 2.26. The van der Waals surface area contributed by atoms with E-state index in [4.69, 9.17) is 16.6 Å². The highest BCUT2D eigenvalue weighted by Gasteiger charge is 2.14. The lowest BCUT2D eigenvalue weighted by Crippen LogP contribution is -2.04. The first-order chi connectivity index (χ1) is 10.1. The molecular weight excluding hydrogens is 280 g/mol. The molecule has 0 N–H and O–H groups in total. The topological polar surface area (TPSA) is 17.8 Å².